The van der Waals surface area contributed by atoms with Crippen LogP contribution in [0.2, 0.25) is 0 Å². The van der Waals surface area contributed by atoms with Gasteiger partial charge in [0.1, 0.15) is 4.90 Å². The zero-order valence-electron chi connectivity index (χ0n) is 10.5. The van der Waals surface area contributed by atoms with E-state index in [1.165, 1.54) is 17.3 Å². The summed E-state index contributed by atoms with van der Waals surface area (Å²) in [6.45, 7) is -0.245. The minimum Gasteiger partial charge on any atom is -0.295 e. The predicted molar refractivity (Wildman–Crippen MR) is 64.4 cm³/mol. The van der Waals surface area contributed by atoms with E-state index in [4.69, 9.17) is 0 Å². The number of rotatable bonds is 5. The highest BCUT2D eigenvalue weighted by Crippen LogP contribution is 2.22. The zero-order valence-corrected chi connectivity index (χ0v) is 11.3. The molecule has 114 valence electrons. The molecule has 10 heteroatoms. The van der Waals surface area contributed by atoms with Gasteiger partial charge >= 0.3 is 6.18 Å². The Morgan fingerprint density at radius 1 is 1.50 bits per heavy atom. The molecule has 1 fully saturated rings. The number of hydrogen-bond donors (Lipinski definition) is 2. The van der Waals surface area contributed by atoms with Crippen molar-refractivity contribution in [1.29, 1.82) is 0 Å². The maximum absolute atomic E-state index is 12.2. The molecular formula is C10H15F3N4O2S. The second kappa shape index (κ2) is 5.70. The molecular weight excluding hydrogens is 297 g/mol. The first-order valence-corrected chi connectivity index (χ1v) is 7.52. The topological polar surface area (TPSA) is 78.1 Å². The third-order valence-electron chi connectivity index (χ3n) is 3.12. The lowest BCUT2D eigenvalue weighted by atomic mass is 10.1. The van der Waals surface area contributed by atoms with Crippen LogP contribution in [0.3, 0.4) is 0 Å². The van der Waals surface area contributed by atoms with Gasteiger partial charge in [0.15, 0.2) is 0 Å². The normalized spacial score (nSPS) is 21.4. The Labute approximate surface area is 114 Å². The molecule has 1 unspecified atom stereocenters. The average molecular weight is 312 g/mol. The van der Waals surface area contributed by atoms with Crippen molar-refractivity contribution in [3.8, 4) is 0 Å². The Morgan fingerprint density at radius 3 is 2.85 bits per heavy atom. The van der Waals surface area contributed by atoms with Gasteiger partial charge in [-0.15, -0.1) is 0 Å². The molecule has 1 aromatic rings. The van der Waals surface area contributed by atoms with Crippen molar-refractivity contribution in [3.05, 3.63) is 12.4 Å². The highest BCUT2D eigenvalue weighted by molar-refractivity contribution is 7.89. The van der Waals surface area contributed by atoms with E-state index < -0.39 is 22.7 Å². The number of alkyl halides is 3. The first-order valence-electron chi connectivity index (χ1n) is 6.04. The molecule has 1 aromatic heterocycles. The summed E-state index contributed by atoms with van der Waals surface area (Å²) in [5.74, 6) is -0.112. The Bertz CT molecular complexity index is 529. The number of aromatic nitrogens is 2. The lowest BCUT2D eigenvalue weighted by Gasteiger charge is -2.17. The highest BCUT2D eigenvalue weighted by atomic mass is 32.2. The third-order valence-corrected chi connectivity index (χ3v) is 4.51. The lowest BCUT2D eigenvalue weighted by molar-refractivity contribution is -0.143. The Kier molecular flexibility index (Phi) is 4.35. The molecule has 1 saturated heterocycles. The number of nitrogens with one attached hydrogen (secondary N) is 2. The van der Waals surface area contributed by atoms with E-state index >= 15 is 0 Å². The van der Waals surface area contributed by atoms with E-state index in [2.05, 4.69) is 14.9 Å². The van der Waals surface area contributed by atoms with Gasteiger partial charge in [-0.2, -0.15) is 18.3 Å². The summed E-state index contributed by atoms with van der Waals surface area (Å²) in [6.07, 6.45) is -1.25. The highest BCUT2D eigenvalue weighted by Gasteiger charge is 2.34. The SMILES string of the molecule is O=S(=O)(NCC1CCN(CC(F)(F)F)C1)c1cn[nH]c1. The molecule has 1 aliphatic rings. The monoisotopic (exact) mass is 312 g/mol. The summed E-state index contributed by atoms with van der Waals surface area (Å²) < 4.78 is 62.7. The van der Waals surface area contributed by atoms with Crippen molar-refractivity contribution in [1.82, 2.24) is 19.8 Å². The van der Waals surface area contributed by atoms with Crippen molar-refractivity contribution in [2.45, 2.75) is 17.5 Å². The fourth-order valence-corrected chi connectivity index (χ4v) is 3.19. The first-order chi connectivity index (χ1) is 9.26. The van der Waals surface area contributed by atoms with E-state index in [-0.39, 0.29) is 23.9 Å². The molecule has 2 N–H and O–H groups in total. The number of halogens is 3. The summed E-state index contributed by atoms with van der Waals surface area (Å²) >= 11 is 0. The minimum absolute atomic E-state index is 0.0163. The molecule has 1 aliphatic heterocycles. The molecule has 0 bridgehead atoms. The van der Waals surface area contributed by atoms with Gasteiger partial charge < -0.3 is 0 Å². The molecule has 0 aliphatic carbocycles. The first kappa shape index (κ1) is 15.3. The number of likely N-dealkylation sites (tertiary alicyclic amines) is 1. The maximum Gasteiger partial charge on any atom is 0.401 e. The van der Waals surface area contributed by atoms with Gasteiger partial charge in [-0.05, 0) is 18.9 Å². The van der Waals surface area contributed by atoms with Crippen LogP contribution >= 0.6 is 0 Å². The van der Waals surface area contributed by atoms with Crippen LogP contribution in [0.15, 0.2) is 17.3 Å². The molecule has 0 amide bonds. The van der Waals surface area contributed by atoms with Crippen LogP contribution < -0.4 is 4.72 Å². The van der Waals surface area contributed by atoms with Crippen LogP contribution in [-0.2, 0) is 10.0 Å². The van der Waals surface area contributed by atoms with E-state index in [1.807, 2.05) is 0 Å². The zero-order chi connectivity index (χ0) is 14.8. The van der Waals surface area contributed by atoms with Crippen molar-refractivity contribution in [3.63, 3.8) is 0 Å². The predicted octanol–water partition coefficient (Wildman–Crippen LogP) is 0.572. The Balaban J connectivity index is 1.82. The second-order valence-corrected chi connectivity index (χ2v) is 6.56. The Hall–Kier alpha value is -1.13. The summed E-state index contributed by atoms with van der Waals surface area (Å²) in [5.41, 5.74) is 0. The van der Waals surface area contributed by atoms with Crippen LogP contribution in [0.1, 0.15) is 6.42 Å². The maximum atomic E-state index is 12.2. The van der Waals surface area contributed by atoms with Gasteiger partial charge in [-0.25, -0.2) is 13.1 Å². The van der Waals surface area contributed by atoms with Crippen molar-refractivity contribution in [2.24, 2.45) is 5.92 Å². The molecule has 0 radical (unpaired) electrons. The number of hydrogen-bond acceptors (Lipinski definition) is 4. The van der Waals surface area contributed by atoms with Gasteiger partial charge in [-0.1, -0.05) is 0 Å². The van der Waals surface area contributed by atoms with Gasteiger partial charge in [0, 0.05) is 19.3 Å². The fourth-order valence-electron chi connectivity index (χ4n) is 2.17. The fraction of sp³-hybridized carbons (Fsp3) is 0.700. The minimum atomic E-state index is -4.22. The van der Waals surface area contributed by atoms with Crippen molar-refractivity contribution >= 4 is 10.0 Å². The summed E-state index contributed by atoms with van der Waals surface area (Å²) in [6, 6.07) is 0. The Morgan fingerprint density at radius 2 is 2.25 bits per heavy atom. The molecule has 0 aromatic carbocycles. The number of sulfonamides is 1. The molecule has 0 saturated carbocycles. The number of nitrogens with zero attached hydrogens (tertiary/aromatic N) is 2. The van der Waals surface area contributed by atoms with E-state index in [1.54, 1.807) is 0 Å². The van der Waals surface area contributed by atoms with E-state index in [0.29, 0.717) is 13.0 Å². The van der Waals surface area contributed by atoms with Gasteiger partial charge in [0.2, 0.25) is 10.0 Å². The molecule has 6 nitrogen and oxygen atoms in total. The lowest BCUT2D eigenvalue weighted by Crippen LogP contribution is -2.34. The van der Waals surface area contributed by atoms with Crippen LogP contribution in [0.5, 0.6) is 0 Å². The molecule has 0 spiro atoms. The molecule has 2 heterocycles. The van der Waals surface area contributed by atoms with Crippen LogP contribution in [-0.4, -0.2) is 55.9 Å². The van der Waals surface area contributed by atoms with Gasteiger partial charge in [0.05, 0.1) is 12.7 Å². The number of H-pyrrole nitrogens is 1. The molecule has 20 heavy (non-hydrogen) atoms. The van der Waals surface area contributed by atoms with Crippen LogP contribution in [0.4, 0.5) is 13.2 Å². The second-order valence-electron chi connectivity index (χ2n) is 4.79. The number of aromatic amines is 1. The summed E-state index contributed by atoms with van der Waals surface area (Å²) in [4.78, 5) is 1.30. The summed E-state index contributed by atoms with van der Waals surface area (Å²) in [5, 5.41) is 5.94. The van der Waals surface area contributed by atoms with Gasteiger partial charge in [-0.3, -0.25) is 10.00 Å². The van der Waals surface area contributed by atoms with Crippen molar-refractivity contribution < 1.29 is 21.6 Å². The van der Waals surface area contributed by atoms with Crippen LogP contribution in [0.25, 0.3) is 0 Å². The molecule has 2 rings (SSSR count). The average Bonchev–Trinajstić information content (AvgIpc) is 2.94. The van der Waals surface area contributed by atoms with E-state index in [0.717, 1.165) is 0 Å². The molecule has 1 atom stereocenters. The smallest absolute Gasteiger partial charge is 0.295 e. The van der Waals surface area contributed by atoms with E-state index in [9.17, 15) is 21.6 Å². The van der Waals surface area contributed by atoms with Crippen molar-refractivity contribution in [2.75, 3.05) is 26.2 Å². The quantitative estimate of drug-likeness (QED) is 0.833. The largest absolute Gasteiger partial charge is 0.401 e. The van der Waals surface area contributed by atoms with Crippen LogP contribution in [0, 0.1) is 5.92 Å². The standard InChI is InChI=1S/C10H15F3N4O2S/c11-10(12,13)7-17-2-1-8(6-17)3-16-20(18,19)9-4-14-15-5-9/h4-5,8,16H,1-3,6-7H2,(H,14,15). The summed E-state index contributed by atoms with van der Waals surface area (Å²) in [7, 11) is -3.64. The third kappa shape index (κ3) is 4.18. The van der Waals surface area contributed by atoms with Gasteiger partial charge in [0.25, 0.3) is 0 Å².